The largest absolute Gasteiger partial charge is 0.494 e. The molecule has 0 saturated carbocycles. The number of rotatable bonds is 7. The first kappa shape index (κ1) is 15.2. The van der Waals surface area contributed by atoms with Gasteiger partial charge in [0, 0.05) is 18.3 Å². The van der Waals surface area contributed by atoms with Crippen molar-refractivity contribution in [2.24, 2.45) is 0 Å². The first-order chi connectivity index (χ1) is 10.3. The van der Waals surface area contributed by atoms with Crippen LogP contribution in [-0.4, -0.2) is 28.6 Å². The lowest BCUT2D eigenvalue weighted by atomic mass is 10.1. The van der Waals surface area contributed by atoms with Crippen molar-refractivity contribution < 1.29 is 4.74 Å². The van der Waals surface area contributed by atoms with E-state index in [4.69, 9.17) is 4.74 Å². The lowest BCUT2D eigenvalue weighted by Gasteiger charge is -2.14. The van der Waals surface area contributed by atoms with Crippen molar-refractivity contribution in [1.82, 2.24) is 15.0 Å². The summed E-state index contributed by atoms with van der Waals surface area (Å²) < 4.78 is 5.41. The van der Waals surface area contributed by atoms with E-state index < -0.39 is 0 Å². The van der Waals surface area contributed by atoms with E-state index in [1.165, 1.54) is 0 Å². The van der Waals surface area contributed by atoms with Gasteiger partial charge in [-0.2, -0.15) is 0 Å². The lowest BCUT2D eigenvalue weighted by molar-refractivity contribution is 0.414. The number of hydrogen-bond acceptors (Lipinski definition) is 5. The Morgan fingerprint density at radius 3 is 2.67 bits per heavy atom. The number of hydrogen-bond donors (Lipinski definition) is 1. The van der Waals surface area contributed by atoms with Gasteiger partial charge < -0.3 is 10.1 Å². The van der Waals surface area contributed by atoms with E-state index in [2.05, 4.69) is 34.1 Å². The summed E-state index contributed by atoms with van der Waals surface area (Å²) in [4.78, 5) is 13.3. The fraction of sp³-hybridized carbons (Fsp3) is 0.438. The minimum absolute atomic E-state index is 0.731. The van der Waals surface area contributed by atoms with Crippen LogP contribution in [0.1, 0.15) is 32.3 Å². The maximum Gasteiger partial charge on any atom is 0.146 e. The van der Waals surface area contributed by atoms with Gasteiger partial charge in [0.2, 0.25) is 0 Å². The molecule has 5 nitrogen and oxygen atoms in total. The molecule has 0 unspecified atom stereocenters. The van der Waals surface area contributed by atoms with Crippen LogP contribution in [0.25, 0.3) is 11.4 Å². The Bertz CT molecular complexity index is 586. The molecule has 0 aromatic carbocycles. The second-order valence-corrected chi connectivity index (χ2v) is 4.78. The third-order valence-corrected chi connectivity index (χ3v) is 3.20. The molecule has 0 fully saturated rings. The van der Waals surface area contributed by atoms with Crippen LogP contribution in [0.4, 0.5) is 5.82 Å². The van der Waals surface area contributed by atoms with Gasteiger partial charge in [0.15, 0.2) is 0 Å². The van der Waals surface area contributed by atoms with E-state index in [0.29, 0.717) is 0 Å². The summed E-state index contributed by atoms with van der Waals surface area (Å²) in [6, 6.07) is 3.76. The number of aromatic nitrogens is 3. The van der Waals surface area contributed by atoms with Crippen molar-refractivity contribution in [1.29, 1.82) is 0 Å². The number of pyridine rings is 1. The molecule has 2 rings (SSSR count). The van der Waals surface area contributed by atoms with Crippen LogP contribution in [0.5, 0.6) is 5.75 Å². The minimum Gasteiger partial charge on any atom is -0.494 e. The molecule has 5 heteroatoms. The van der Waals surface area contributed by atoms with E-state index in [-0.39, 0.29) is 0 Å². The third kappa shape index (κ3) is 3.48. The number of anilines is 1. The SMILES string of the molecule is CCCNc1ncnc(-c2ncccc2OC)c1CCC. The van der Waals surface area contributed by atoms with Gasteiger partial charge in [0.05, 0.1) is 7.11 Å². The minimum atomic E-state index is 0.731. The standard InChI is InChI=1S/C16H22N4O/c1-4-7-12-14(15-13(21-3)8-6-10-17-15)19-11-20-16(12)18-9-5-2/h6,8,10-11H,4-5,7,9H2,1-3H3,(H,18,19,20). The van der Waals surface area contributed by atoms with Gasteiger partial charge in [0.25, 0.3) is 0 Å². The van der Waals surface area contributed by atoms with E-state index in [0.717, 1.165) is 54.3 Å². The van der Waals surface area contributed by atoms with Gasteiger partial charge in [-0.3, -0.25) is 4.98 Å². The third-order valence-electron chi connectivity index (χ3n) is 3.20. The molecule has 0 atom stereocenters. The molecule has 0 aliphatic heterocycles. The normalized spacial score (nSPS) is 10.4. The summed E-state index contributed by atoms with van der Waals surface area (Å²) in [5.41, 5.74) is 2.72. The van der Waals surface area contributed by atoms with E-state index in [1.54, 1.807) is 19.6 Å². The molecule has 2 aromatic heterocycles. The van der Waals surface area contributed by atoms with Crippen LogP contribution >= 0.6 is 0 Å². The topological polar surface area (TPSA) is 59.9 Å². The van der Waals surface area contributed by atoms with Crippen molar-refractivity contribution in [3.05, 3.63) is 30.2 Å². The summed E-state index contributed by atoms with van der Waals surface area (Å²) in [6.45, 7) is 5.18. The number of nitrogens with zero attached hydrogens (tertiary/aromatic N) is 3. The summed E-state index contributed by atoms with van der Waals surface area (Å²) in [7, 11) is 1.65. The Morgan fingerprint density at radius 1 is 1.10 bits per heavy atom. The lowest BCUT2D eigenvalue weighted by Crippen LogP contribution is -2.08. The van der Waals surface area contributed by atoms with Crippen LogP contribution < -0.4 is 10.1 Å². The molecular formula is C16H22N4O. The highest BCUT2D eigenvalue weighted by molar-refractivity contribution is 5.70. The molecule has 0 aliphatic rings. The maximum atomic E-state index is 5.41. The maximum absolute atomic E-state index is 5.41. The first-order valence-corrected chi connectivity index (χ1v) is 7.38. The summed E-state index contributed by atoms with van der Waals surface area (Å²) in [6.07, 6.45) is 6.32. The molecule has 0 amide bonds. The monoisotopic (exact) mass is 286 g/mol. The molecule has 0 aliphatic carbocycles. The second-order valence-electron chi connectivity index (χ2n) is 4.78. The van der Waals surface area contributed by atoms with Gasteiger partial charge in [0.1, 0.15) is 29.3 Å². The molecule has 112 valence electrons. The quantitative estimate of drug-likeness (QED) is 0.846. The summed E-state index contributed by atoms with van der Waals surface area (Å²) in [5.74, 6) is 1.63. The molecule has 2 aromatic rings. The smallest absolute Gasteiger partial charge is 0.146 e. The Kier molecular flexibility index (Phi) is 5.49. The van der Waals surface area contributed by atoms with Gasteiger partial charge in [-0.25, -0.2) is 9.97 Å². The molecule has 0 saturated heterocycles. The average Bonchev–Trinajstić information content (AvgIpc) is 2.54. The van der Waals surface area contributed by atoms with Crippen LogP contribution in [0.3, 0.4) is 0 Å². The zero-order chi connectivity index (χ0) is 15.1. The predicted molar refractivity (Wildman–Crippen MR) is 84.6 cm³/mol. The van der Waals surface area contributed by atoms with Crippen LogP contribution in [0, 0.1) is 0 Å². The number of ether oxygens (including phenoxy) is 1. The van der Waals surface area contributed by atoms with Crippen molar-refractivity contribution >= 4 is 5.82 Å². The second kappa shape index (κ2) is 7.57. The molecule has 2 heterocycles. The van der Waals surface area contributed by atoms with Crippen LogP contribution in [0.15, 0.2) is 24.7 Å². The zero-order valence-corrected chi connectivity index (χ0v) is 12.9. The zero-order valence-electron chi connectivity index (χ0n) is 12.9. The number of nitrogens with one attached hydrogen (secondary N) is 1. The first-order valence-electron chi connectivity index (χ1n) is 7.38. The molecule has 21 heavy (non-hydrogen) atoms. The Hall–Kier alpha value is -2.17. The van der Waals surface area contributed by atoms with Crippen molar-refractivity contribution in [3.8, 4) is 17.1 Å². The van der Waals surface area contributed by atoms with Gasteiger partial charge >= 0.3 is 0 Å². The average molecular weight is 286 g/mol. The predicted octanol–water partition coefficient (Wildman–Crippen LogP) is 3.32. The molecule has 0 spiro atoms. The van der Waals surface area contributed by atoms with Crippen molar-refractivity contribution in [2.45, 2.75) is 33.1 Å². The highest BCUT2D eigenvalue weighted by Gasteiger charge is 2.16. The van der Waals surface area contributed by atoms with Gasteiger partial charge in [-0.1, -0.05) is 20.3 Å². The van der Waals surface area contributed by atoms with E-state index in [9.17, 15) is 0 Å². The van der Waals surface area contributed by atoms with Gasteiger partial charge in [-0.05, 0) is 25.0 Å². The van der Waals surface area contributed by atoms with E-state index >= 15 is 0 Å². The van der Waals surface area contributed by atoms with Crippen LogP contribution in [0.2, 0.25) is 0 Å². The fourth-order valence-corrected chi connectivity index (χ4v) is 2.23. The Morgan fingerprint density at radius 2 is 1.95 bits per heavy atom. The fourth-order valence-electron chi connectivity index (χ4n) is 2.23. The molecule has 0 bridgehead atoms. The number of methoxy groups -OCH3 is 1. The van der Waals surface area contributed by atoms with Crippen molar-refractivity contribution in [3.63, 3.8) is 0 Å². The van der Waals surface area contributed by atoms with Crippen molar-refractivity contribution in [2.75, 3.05) is 19.0 Å². The van der Waals surface area contributed by atoms with Crippen LogP contribution in [-0.2, 0) is 6.42 Å². The Balaban J connectivity index is 2.51. The van der Waals surface area contributed by atoms with E-state index in [1.807, 2.05) is 12.1 Å². The molecule has 1 N–H and O–H groups in total. The summed E-state index contributed by atoms with van der Waals surface area (Å²) >= 11 is 0. The summed E-state index contributed by atoms with van der Waals surface area (Å²) in [5, 5.41) is 3.38. The highest BCUT2D eigenvalue weighted by Crippen LogP contribution is 2.31. The highest BCUT2D eigenvalue weighted by atomic mass is 16.5. The Labute approximate surface area is 125 Å². The van der Waals surface area contributed by atoms with Gasteiger partial charge in [-0.15, -0.1) is 0 Å². The molecule has 0 radical (unpaired) electrons. The molecular weight excluding hydrogens is 264 g/mol.